The highest BCUT2D eigenvalue weighted by Crippen LogP contribution is 2.31. The predicted molar refractivity (Wildman–Crippen MR) is 84.5 cm³/mol. The van der Waals surface area contributed by atoms with Crippen molar-refractivity contribution in [2.45, 2.75) is 39.0 Å². The van der Waals surface area contributed by atoms with Crippen LogP contribution in [0.15, 0.2) is 30.3 Å². The fourth-order valence-corrected chi connectivity index (χ4v) is 2.82. The van der Waals surface area contributed by atoms with Crippen LogP contribution in [0.3, 0.4) is 0 Å². The molecule has 1 aromatic rings. The van der Waals surface area contributed by atoms with Crippen LogP contribution in [0.1, 0.15) is 44.6 Å². The van der Waals surface area contributed by atoms with Crippen LogP contribution in [0.2, 0.25) is 0 Å². The Morgan fingerprint density at radius 3 is 2.36 bits per heavy atom. The zero-order chi connectivity index (χ0) is 15.9. The topological polar surface area (TPSA) is 63.6 Å². The van der Waals surface area contributed by atoms with Crippen LogP contribution in [0.4, 0.5) is 0 Å². The molecule has 0 spiro atoms. The van der Waals surface area contributed by atoms with Gasteiger partial charge in [-0.2, -0.15) is 0 Å². The predicted octanol–water partition coefficient (Wildman–Crippen LogP) is 3.91. The van der Waals surface area contributed by atoms with Crippen molar-refractivity contribution in [2.24, 2.45) is 11.8 Å². The molecule has 1 aromatic carbocycles. The third-order valence-corrected chi connectivity index (χ3v) is 4.27. The lowest BCUT2D eigenvalue weighted by atomic mass is 9.81. The lowest BCUT2D eigenvalue weighted by molar-refractivity contribution is -0.140. The minimum Gasteiger partial charge on any atom is -0.478 e. The highest BCUT2D eigenvalue weighted by Gasteiger charge is 2.26. The van der Waals surface area contributed by atoms with Crippen LogP contribution in [-0.2, 0) is 9.59 Å². The minimum absolute atomic E-state index is 0.00869. The van der Waals surface area contributed by atoms with Crippen molar-refractivity contribution in [3.63, 3.8) is 0 Å². The summed E-state index contributed by atoms with van der Waals surface area (Å²) >= 11 is 0. The second-order valence-corrected chi connectivity index (χ2v) is 5.79. The minimum atomic E-state index is -0.988. The van der Waals surface area contributed by atoms with E-state index in [4.69, 9.17) is 9.84 Å². The maximum absolute atomic E-state index is 12.1. The van der Waals surface area contributed by atoms with E-state index in [1.807, 2.05) is 0 Å². The van der Waals surface area contributed by atoms with Gasteiger partial charge in [0.05, 0.1) is 5.92 Å². The normalized spacial score (nSPS) is 21.7. The van der Waals surface area contributed by atoms with Gasteiger partial charge in [-0.3, -0.25) is 4.79 Å². The van der Waals surface area contributed by atoms with E-state index in [2.05, 4.69) is 6.92 Å². The molecule has 1 fully saturated rings. The molecule has 0 heterocycles. The first-order valence-electron chi connectivity index (χ1n) is 7.81. The maximum atomic E-state index is 12.1. The van der Waals surface area contributed by atoms with Gasteiger partial charge in [-0.1, -0.05) is 25.5 Å². The monoisotopic (exact) mass is 302 g/mol. The van der Waals surface area contributed by atoms with Gasteiger partial charge in [0, 0.05) is 6.08 Å². The zero-order valence-electron chi connectivity index (χ0n) is 12.8. The third kappa shape index (κ3) is 4.72. The highest BCUT2D eigenvalue weighted by molar-refractivity contribution is 5.85. The fraction of sp³-hybridized carbons (Fsp3) is 0.444. The standard InChI is InChI=1S/C18H22O4/c1-2-13-3-8-15(9-4-13)18(21)22-16-10-5-14(6-11-16)7-12-17(19)20/h5-7,10-13,15H,2-4,8-9H2,1H3,(H,19,20)/b12-7+. The smallest absolute Gasteiger partial charge is 0.328 e. The number of hydrogen-bond acceptors (Lipinski definition) is 3. The van der Waals surface area contributed by atoms with Crippen LogP contribution in [-0.4, -0.2) is 17.0 Å². The molecule has 0 aromatic heterocycles. The number of aliphatic carboxylic acids is 1. The van der Waals surface area contributed by atoms with Crippen molar-refractivity contribution >= 4 is 18.0 Å². The van der Waals surface area contributed by atoms with E-state index in [0.29, 0.717) is 5.75 Å². The van der Waals surface area contributed by atoms with Crippen LogP contribution >= 0.6 is 0 Å². The molecule has 4 heteroatoms. The van der Waals surface area contributed by atoms with Gasteiger partial charge >= 0.3 is 11.9 Å². The van der Waals surface area contributed by atoms with E-state index in [0.717, 1.165) is 43.2 Å². The van der Waals surface area contributed by atoms with Gasteiger partial charge in [0.15, 0.2) is 0 Å². The molecule has 1 aliphatic carbocycles. The molecule has 0 atom stereocenters. The summed E-state index contributed by atoms with van der Waals surface area (Å²) in [5.41, 5.74) is 0.755. The molecule has 22 heavy (non-hydrogen) atoms. The first-order chi connectivity index (χ1) is 10.6. The average molecular weight is 302 g/mol. The number of ether oxygens (including phenoxy) is 1. The molecule has 1 aliphatic rings. The summed E-state index contributed by atoms with van der Waals surface area (Å²) in [6, 6.07) is 6.85. The van der Waals surface area contributed by atoms with Gasteiger partial charge in [-0.05, 0) is 55.4 Å². The highest BCUT2D eigenvalue weighted by atomic mass is 16.5. The molecule has 0 radical (unpaired) electrons. The number of carboxylic acid groups (broad SMARTS) is 1. The lowest BCUT2D eigenvalue weighted by Gasteiger charge is -2.26. The van der Waals surface area contributed by atoms with Crippen molar-refractivity contribution in [2.75, 3.05) is 0 Å². The van der Waals surface area contributed by atoms with E-state index in [9.17, 15) is 9.59 Å². The fourth-order valence-electron chi connectivity index (χ4n) is 2.82. The Labute approximate surface area is 130 Å². The van der Waals surface area contributed by atoms with Gasteiger partial charge in [-0.25, -0.2) is 4.79 Å². The second-order valence-electron chi connectivity index (χ2n) is 5.79. The van der Waals surface area contributed by atoms with Gasteiger partial charge in [-0.15, -0.1) is 0 Å². The number of rotatable bonds is 5. The van der Waals surface area contributed by atoms with Crippen molar-refractivity contribution in [3.8, 4) is 5.75 Å². The molecule has 0 unspecified atom stereocenters. The molecule has 2 rings (SSSR count). The Morgan fingerprint density at radius 1 is 1.18 bits per heavy atom. The van der Waals surface area contributed by atoms with E-state index in [1.165, 1.54) is 12.5 Å². The summed E-state index contributed by atoms with van der Waals surface area (Å²) in [6.45, 7) is 2.20. The Hall–Kier alpha value is -2.10. The summed E-state index contributed by atoms with van der Waals surface area (Å²) in [5, 5.41) is 8.57. The number of benzene rings is 1. The zero-order valence-corrected chi connectivity index (χ0v) is 12.8. The van der Waals surface area contributed by atoms with Crippen LogP contribution in [0.5, 0.6) is 5.75 Å². The summed E-state index contributed by atoms with van der Waals surface area (Å²) in [5.74, 6) is 0.135. The average Bonchev–Trinajstić information content (AvgIpc) is 2.54. The molecule has 0 aliphatic heterocycles. The molecule has 4 nitrogen and oxygen atoms in total. The van der Waals surface area contributed by atoms with Crippen molar-refractivity contribution in [3.05, 3.63) is 35.9 Å². The van der Waals surface area contributed by atoms with Crippen LogP contribution in [0.25, 0.3) is 6.08 Å². The quantitative estimate of drug-likeness (QED) is 0.509. The van der Waals surface area contributed by atoms with Crippen LogP contribution in [0, 0.1) is 11.8 Å². The number of carbonyl (C=O) groups excluding carboxylic acids is 1. The van der Waals surface area contributed by atoms with E-state index < -0.39 is 5.97 Å². The Morgan fingerprint density at radius 2 is 1.82 bits per heavy atom. The summed E-state index contributed by atoms with van der Waals surface area (Å²) in [6.07, 6.45) is 7.80. The third-order valence-electron chi connectivity index (χ3n) is 4.27. The molecule has 1 N–H and O–H groups in total. The van der Waals surface area contributed by atoms with Gasteiger partial charge in [0.1, 0.15) is 5.75 Å². The van der Waals surface area contributed by atoms with Gasteiger partial charge in [0.25, 0.3) is 0 Å². The van der Waals surface area contributed by atoms with Crippen LogP contribution < -0.4 is 4.74 Å². The van der Waals surface area contributed by atoms with Crippen molar-refractivity contribution in [1.82, 2.24) is 0 Å². The molecular weight excluding hydrogens is 280 g/mol. The number of carboxylic acids is 1. The van der Waals surface area contributed by atoms with Gasteiger partial charge in [0.2, 0.25) is 0 Å². The Kier molecular flexibility index (Phi) is 5.75. The number of esters is 1. The first-order valence-corrected chi connectivity index (χ1v) is 7.81. The van der Waals surface area contributed by atoms with E-state index in [1.54, 1.807) is 24.3 Å². The van der Waals surface area contributed by atoms with E-state index >= 15 is 0 Å². The molecule has 0 amide bonds. The Bertz CT molecular complexity index is 537. The second kappa shape index (κ2) is 7.78. The number of carbonyl (C=O) groups is 2. The SMILES string of the molecule is CCC1CCC(C(=O)Oc2ccc(/C=C/C(=O)O)cc2)CC1. The summed E-state index contributed by atoms with van der Waals surface area (Å²) in [7, 11) is 0. The molecule has 0 bridgehead atoms. The summed E-state index contributed by atoms with van der Waals surface area (Å²) < 4.78 is 5.42. The Balaban J connectivity index is 1.88. The van der Waals surface area contributed by atoms with Crippen molar-refractivity contribution in [1.29, 1.82) is 0 Å². The lowest BCUT2D eigenvalue weighted by Crippen LogP contribution is -2.25. The molecule has 0 saturated heterocycles. The largest absolute Gasteiger partial charge is 0.478 e. The molecular formula is C18H22O4. The van der Waals surface area contributed by atoms with Gasteiger partial charge < -0.3 is 9.84 Å². The van der Waals surface area contributed by atoms with E-state index in [-0.39, 0.29) is 11.9 Å². The maximum Gasteiger partial charge on any atom is 0.328 e. The molecule has 118 valence electrons. The van der Waals surface area contributed by atoms with Crippen molar-refractivity contribution < 1.29 is 19.4 Å². The summed E-state index contributed by atoms with van der Waals surface area (Å²) in [4.78, 5) is 22.6. The first kappa shape index (κ1) is 16.3. The molecule has 1 saturated carbocycles. The number of hydrogen-bond donors (Lipinski definition) is 1.